The van der Waals surface area contributed by atoms with Gasteiger partial charge in [-0.2, -0.15) is 0 Å². The van der Waals surface area contributed by atoms with Gasteiger partial charge in [-0.1, -0.05) is 35.0 Å². The number of nitrogens with one attached hydrogen (secondary N) is 2. The van der Waals surface area contributed by atoms with E-state index >= 15 is 0 Å². The minimum atomic E-state index is -0.234. The van der Waals surface area contributed by atoms with E-state index < -0.39 is 0 Å². The summed E-state index contributed by atoms with van der Waals surface area (Å²) in [5, 5.41) is 6.04. The molecule has 2 amide bonds. The average Bonchev–Trinajstić information content (AvgIpc) is 2.42. The lowest BCUT2D eigenvalue weighted by Crippen LogP contribution is -2.37. The molecule has 18 heavy (non-hydrogen) atoms. The smallest absolute Gasteiger partial charge is 0.251 e. The van der Waals surface area contributed by atoms with E-state index in [0.717, 1.165) is 17.3 Å². The van der Waals surface area contributed by atoms with E-state index in [4.69, 9.17) is 0 Å². The minimum absolute atomic E-state index is 0.0129. The fourth-order valence-electron chi connectivity index (χ4n) is 1.33. The number of hydrogen-bond acceptors (Lipinski definition) is 2. The van der Waals surface area contributed by atoms with Gasteiger partial charge >= 0.3 is 0 Å². The fraction of sp³-hybridized carbons (Fsp3) is 0.385. The lowest BCUT2D eigenvalue weighted by molar-refractivity contribution is -0.120. The SMILES string of the molecule is CCCNC(=O)CNC(=O)c1ccc(CBr)cc1. The number of halogens is 1. The van der Waals surface area contributed by atoms with E-state index in [1.807, 2.05) is 19.1 Å². The average molecular weight is 313 g/mol. The number of alkyl halides is 1. The maximum absolute atomic E-state index is 11.7. The van der Waals surface area contributed by atoms with Crippen LogP contribution in [0, 0.1) is 0 Å². The van der Waals surface area contributed by atoms with Crippen LogP contribution in [0.1, 0.15) is 29.3 Å². The molecular formula is C13H17BrN2O2. The molecule has 5 heteroatoms. The van der Waals surface area contributed by atoms with Crippen molar-refractivity contribution in [3.05, 3.63) is 35.4 Å². The van der Waals surface area contributed by atoms with Crippen LogP contribution in [-0.2, 0) is 10.1 Å². The van der Waals surface area contributed by atoms with Gasteiger partial charge in [0.2, 0.25) is 5.91 Å². The van der Waals surface area contributed by atoms with Gasteiger partial charge in [-0.15, -0.1) is 0 Å². The molecule has 1 aromatic carbocycles. The predicted octanol–water partition coefficient (Wildman–Crippen LogP) is 1.84. The van der Waals surface area contributed by atoms with Gasteiger partial charge in [0.1, 0.15) is 0 Å². The molecule has 0 aromatic heterocycles. The van der Waals surface area contributed by atoms with Gasteiger partial charge in [-0.05, 0) is 24.1 Å². The van der Waals surface area contributed by atoms with Gasteiger partial charge in [0.25, 0.3) is 5.91 Å². The Morgan fingerprint density at radius 1 is 1.17 bits per heavy atom. The summed E-state index contributed by atoms with van der Waals surface area (Å²) in [6.45, 7) is 2.62. The van der Waals surface area contributed by atoms with E-state index in [0.29, 0.717) is 12.1 Å². The molecule has 98 valence electrons. The Bertz CT molecular complexity index is 404. The molecule has 0 unspecified atom stereocenters. The summed E-state index contributed by atoms with van der Waals surface area (Å²) in [7, 11) is 0. The highest BCUT2D eigenvalue weighted by atomic mass is 79.9. The number of rotatable bonds is 6. The zero-order valence-electron chi connectivity index (χ0n) is 10.3. The van der Waals surface area contributed by atoms with Crippen LogP contribution in [0.3, 0.4) is 0 Å². The second kappa shape index (κ2) is 7.87. The van der Waals surface area contributed by atoms with Crippen LogP contribution in [0.4, 0.5) is 0 Å². The summed E-state index contributed by atoms with van der Waals surface area (Å²) in [6, 6.07) is 7.24. The van der Waals surface area contributed by atoms with Gasteiger partial charge in [0, 0.05) is 17.4 Å². The van der Waals surface area contributed by atoms with E-state index in [1.165, 1.54) is 0 Å². The van der Waals surface area contributed by atoms with Crippen LogP contribution in [-0.4, -0.2) is 24.9 Å². The maximum atomic E-state index is 11.7. The monoisotopic (exact) mass is 312 g/mol. The Kier molecular flexibility index (Phi) is 6.43. The third-order valence-corrected chi connectivity index (χ3v) is 3.00. The highest BCUT2D eigenvalue weighted by Gasteiger charge is 2.07. The molecule has 1 rings (SSSR count). The molecule has 0 aliphatic carbocycles. The molecule has 0 radical (unpaired) electrons. The largest absolute Gasteiger partial charge is 0.355 e. The van der Waals surface area contributed by atoms with Gasteiger partial charge in [0.15, 0.2) is 0 Å². The third kappa shape index (κ3) is 4.87. The first-order valence-electron chi connectivity index (χ1n) is 5.87. The van der Waals surface area contributed by atoms with Gasteiger partial charge < -0.3 is 10.6 Å². The second-order valence-electron chi connectivity index (χ2n) is 3.86. The fourth-order valence-corrected chi connectivity index (χ4v) is 1.71. The number of amides is 2. The molecule has 0 saturated heterocycles. The Hall–Kier alpha value is -1.36. The lowest BCUT2D eigenvalue weighted by atomic mass is 10.1. The van der Waals surface area contributed by atoms with Crippen LogP contribution >= 0.6 is 15.9 Å². The highest BCUT2D eigenvalue weighted by Crippen LogP contribution is 2.07. The molecule has 2 N–H and O–H groups in total. The summed E-state index contributed by atoms with van der Waals surface area (Å²) in [5.74, 6) is -0.398. The third-order valence-electron chi connectivity index (χ3n) is 2.35. The molecule has 0 bridgehead atoms. The van der Waals surface area contributed by atoms with Crippen LogP contribution in [0.25, 0.3) is 0 Å². The second-order valence-corrected chi connectivity index (χ2v) is 4.42. The van der Waals surface area contributed by atoms with Crippen LogP contribution < -0.4 is 10.6 Å². The van der Waals surface area contributed by atoms with Crippen LogP contribution in [0.5, 0.6) is 0 Å². The number of hydrogen-bond donors (Lipinski definition) is 2. The van der Waals surface area contributed by atoms with Gasteiger partial charge in [-0.3, -0.25) is 9.59 Å². The summed E-state index contributed by atoms with van der Waals surface area (Å²) in [6.07, 6.45) is 0.883. The lowest BCUT2D eigenvalue weighted by Gasteiger charge is -2.06. The standard InChI is InChI=1S/C13H17BrN2O2/c1-2-7-15-12(17)9-16-13(18)11-5-3-10(8-14)4-6-11/h3-6H,2,7-9H2,1H3,(H,15,17)(H,16,18). The molecular weight excluding hydrogens is 296 g/mol. The minimum Gasteiger partial charge on any atom is -0.355 e. The molecule has 1 aromatic rings. The number of benzene rings is 1. The molecule has 0 fully saturated rings. The van der Waals surface area contributed by atoms with E-state index in [1.54, 1.807) is 12.1 Å². The normalized spacial score (nSPS) is 9.89. The molecule has 0 spiro atoms. The summed E-state index contributed by atoms with van der Waals surface area (Å²) < 4.78 is 0. The van der Waals surface area contributed by atoms with Crippen molar-refractivity contribution in [1.82, 2.24) is 10.6 Å². The Balaban J connectivity index is 2.42. The topological polar surface area (TPSA) is 58.2 Å². The van der Waals surface area contributed by atoms with Crippen molar-refractivity contribution in [1.29, 1.82) is 0 Å². The molecule has 0 heterocycles. The van der Waals surface area contributed by atoms with Crippen LogP contribution in [0.2, 0.25) is 0 Å². The maximum Gasteiger partial charge on any atom is 0.251 e. The van der Waals surface area contributed by atoms with E-state index in [2.05, 4.69) is 26.6 Å². The van der Waals surface area contributed by atoms with Crippen molar-refractivity contribution in [2.24, 2.45) is 0 Å². The van der Waals surface area contributed by atoms with Crippen molar-refractivity contribution in [2.45, 2.75) is 18.7 Å². The first-order chi connectivity index (χ1) is 8.67. The summed E-state index contributed by atoms with van der Waals surface area (Å²) in [5.41, 5.74) is 1.66. The molecule has 0 saturated carbocycles. The number of carbonyl (C=O) groups is 2. The van der Waals surface area contributed by atoms with Crippen molar-refractivity contribution in [2.75, 3.05) is 13.1 Å². The quantitative estimate of drug-likeness (QED) is 0.787. The van der Waals surface area contributed by atoms with Crippen molar-refractivity contribution >= 4 is 27.7 Å². The van der Waals surface area contributed by atoms with Crippen LogP contribution in [0.15, 0.2) is 24.3 Å². The van der Waals surface area contributed by atoms with Gasteiger partial charge in [-0.25, -0.2) is 0 Å². The van der Waals surface area contributed by atoms with Crippen molar-refractivity contribution < 1.29 is 9.59 Å². The first-order valence-corrected chi connectivity index (χ1v) is 6.99. The Morgan fingerprint density at radius 3 is 2.39 bits per heavy atom. The predicted molar refractivity (Wildman–Crippen MR) is 74.7 cm³/mol. The summed E-state index contributed by atoms with van der Waals surface area (Å²) in [4.78, 5) is 23.0. The Labute approximate surface area is 115 Å². The number of carbonyl (C=O) groups excluding carboxylic acids is 2. The van der Waals surface area contributed by atoms with Crippen molar-refractivity contribution in [3.63, 3.8) is 0 Å². The zero-order chi connectivity index (χ0) is 13.4. The van der Waals surface area contributed by atoms with Gasteiger partial charge in [0.05, 0.1) is 6.54 Å². The highest BCUT2D eigenvalue weighted by molar-refractivity contribution is 9.08. The molecule has 4 nitrogen and oxygen atoms in total. The van der Waals surface area contributed by atoms with E-state index in [9.17, 15) is 9.59 Å². The first kappa shape index (κ1) is 14.7. The zero-order valence-corrected chi connectivity index (χ0v) is 11.9. The molecule has 0 aliphatic rings. The summed E-state index contributed by atoms with van der Waals surface area (Å²) >= 11 is 3.34. The Morgan fingerprint density at radius 2 is 1.83 bits per heavy atom. The van der Waals surface area contributed by atoms with E-state index in [-0.39, 0.29) is 18.4 Å². The van der Waals surface area contributed by atoms with Crippen molar-refractivity contribution in [3.8, 4) is 0 Å². The molecule has 0 atom stereocenters. The molecule has 0 aliphatic heterocycles.